The maximum absolute atomic E-state index is 2.91. The molecule has 2 atom stereocenters. The van der Waals surface area contributed by atoms with Gasteiger partial charge in [-0.1, -0.05) is 135 Å². The molecule has 3 aliphatic heterocycles. The van der Waals surface area contributed by atoms with Crippen LogP contribution in [0.2, 0.25) is 0 Å². The molecule has 3 nitrogen and oxygen atoms in total. The van der Waals surface area contributed by atoms with E-state index in [4.69, 9.17) is 0 Å². The number of thiophene rings is 1. The van der Waals surface area contributed by atoms with Crippen LogP contribution in [0.4, 0.5) is 39.8 Å². The molecule has 2 aliphatic carbocycles. The van der Waals surface area contributed by atoms with Gasteiger partial charge in [0.05, 0.1) is 5.54 Å². The molecule has 5 aliphatic rings. The van der Waals surface area contributed by atoms with Gasteiger partial charge in [-0.15, -0.1) is 11.3 Å². The zero-order valence-corrected chi connectivity index (χ0v) is 42.6. The minimum absolute atomic E-state index is 0.0190. The van der Waals surface area contributed by atoms with Crippen LogP contribution in [0, 0.1) is 6.92 Å². The molecule has 2 unspecified atom stereocenters. The van der Waals surface area contributed by atoms with E-state index in [-0.39, 0.29) is 34.0 Å². The molecule has 1 aromatic heterocycles. The van der Waals surface area contributed by atoms with Gasteiger partial charge in [-0.05, 0) is 167 Å². The Kier molecular flexibility index (Phi) is 8.82. The maximum atomic E-state index is 2.91. The number of benzene rings is 7. The fraction of sp³-hybridized carbons (Fsp3) is 0.333. The van der Waals surface area contributed by atoms with Gasteiger partial charge in [0.2, 0.25) is 0 Å². The monoisotopic (exact) mass is 905 g/mol. The van der Waals surface area contributed by atoms with Gasteiger partial charge >= 0.3 is 6.85 Å². The predicted molar refractivity (Wildman–Crippen MR) is 295 cm³/mol. The van der Waals surface area contributed by atoms with E-state index in [2.05, 4.69) is 217 Å². The number of fused-ring (bicyclic) bond motifs is 11. The van der Waals surface area contributed by atoms with Crippen molar-refractivity contribution in [3.05, 3.63) is 161 Å². The van der Waals surface area contributed by atoms with Crippen LogP contribution in [0.25, 0.3) is 31.3 Å². The van der Waals surface area contributed by atoms with Crippen LogP contribution in [0.5, 0.6) is 0 Å². The Morgan fingerprint density at radius 2 is 1.18 bits per heavy atom. The Hall–Kier alpha value is -5.78. The third kappa shape index (κ3) is 5.72. The van der Waals surface area contributed by atoms with Crippen LogP contribution in [0.3, 0.4) is 0 Å². The van der Waals surface area contributed by atoms with Gasteiger partial charge in [0.25, 0.3) is 0 Å². The van der Waals surface area contributed by atoms with Gasteiger partial charge in [-0.25, -0.2) is 0 Å². The highest BCUT2D eigenvalue weighted by Gasteiger charge is 2.62. The van der Waals surface area contributed by atoms with Gasteiger partial charge < -0.3 is 14.6 Å². The lowest BCUT2D eigenvalue weighted by Gasteiger charge is -2.53. The molecule has 0 radical (unpaired) electrons. The maximum Gasteiger partial charge on any atom is 0.333 e. The first-order chi connectivity index (χ1) is 32.5. The zero-order chi connectivity index (χ0) is 46.9. The molecule has 0 bridgehead atoms. The molecule has 0 spiro atoms. The molecule has 8 aromatic rings. The first kappa shape index (κ1) is 42.3. The average Bonchev–Trinajstić information content (AvgIpc) is 3.78. The minimum atomic E-state index is -0.110. The van der Waals surface area contributed by atoms with Crippen molar-refractivity contribution in [1.82, 2.24) is 0 Å². The summed E-state index contributed by atoms with van der Waals surface area (Å²) in [7, 11) is 0. The van der Waals surface area contributed by atoms with E-state index in [0.717, 1.165) is 17.8 Å². The molecule has 0 N–H and O–H groups in total. The lowest BCUT2D eigenvalue weighted by atomic mass is 9.43. The number of hydrogen-bond donors (Lipinski definition) is 0. The van der Waals surface area contributed by atoms with Crippen molar-refractivity contribution in [2.75, 3.05) is 14.6 Å². The van der Waals surface area contributed by atoms with Gasteiger partial charge in [0, 0.05) is 71.0 Å². The van der Waals surface area contributed by atoms with E-state index >= 15 is 0 Å². The lowest BCUT2D eigenvalue weighted by molar-refractivity contribution is 0.195. The van der Waals surface area contributed by atoms with Gasteiger partial charge in [-0.3, -0.25) is 0 Å². The third-order valence-electron chi connectivity index (χ3n) is 18.1. The molecule has 0 saturated heterocycles. The average molecular weight is 906 g/mol. The fourth-order valence-corrected chi connectivity index (χ4v) is 15.0. The van der Waals surface area contributed by atoms with Crippen LogP contribution in [0.1, 0.15) is 129 Å². The Bertz CT molecular complexity index is 3370. The SMILES string of the molecule is Cc1ccccc1N1B2c3cc(C(C)(C)C)cc4c3N(c3cc(N(c5ccccc5)c5ccccc5)cc(c32)-c2cc3c(cc21)sc1cc2c(cc13)C(C)(C)CCC2(C)C)C1(C)CCCCC41C. The van der Waals surface area contributed by atoms with Gasteiger partial charge in [-0.2, -0.15) is 0 Å². The van der Waals surface area contributed by atoms with Crippen molar-refractivity contribution in [3.8, 4) is 11.1 Å². The van der Waals surface area contributed by atoms with Crippen molar-refractivity contribution in [2.24, 2.45) is 0 Å². The van der Waals surface area contributed by atoms with E-state index in [1.807, 2.05) is 11.3 Å². The normalized spacial score (nSPS) is 21.6. The summed E-state index contributed by atoms with van der Waals surface area (Å²) in [5.41, 5.74) is 21.9. The van der Waals surface area contributed by atoms with Crippen LogP contribution in [-0.4, -0.2) is 12.4 Å². The van der Waals surface area contributed by atoms with E-state index < -0.39 is 0 Å². The quantitative estimate of drug-likeness (QED) is 0.163. The molecule has 7 aromatic carbocycles. The van der Waals surface area contributed by atoms with E-state index in [9.17, 15) is 0 Å². The number of rotatable bonds is 4. The van der Waals surface area contributed by atoms with Gasteiger partial charge in [0.15, 0.2) is 0 Å². The second kappa shape index (κ2) is 14.2. The first-order valence-electron chi connectivity index (χ1n) is 25.5. The second-order valence-corrected chi connectivity index (χ2v) is 25.1. The molecule has 340 valence electrons. The second-order valence-electron chi connectivity index (χ2n) is 24.0. The number of nitrogens with zero attached hydrogens (tertiary/aromatic N) is 3. The molecule has 0 amide bonds. The van der Waals surface area contributed by atoms with Gasteiger partial charge in [0.1, 0.15) is 0 Å². The standard InChI is InChI=1S/C63H64BN3S/c1-39-21-17-18-26-52(39)67-53-38-56-45(46-36-48-49(37-55(46)68-56)61(7,8)30-29-60(48,5)6)35-44(53)47-33-43(65(41-22-13-11-14-23-41)42-24-15-12-16-25-42)34-54-57(47)64(67)51-32-40(59(2,3)4)31-50-58(51)66(54)63(10)28-20-19-27-62(50,63)9/h11-18,21-26,31-38H,19-20,27-30H2,1-10H3. The summed E-state index contributed by atoms with van der Waals surface area (Å²) in [5, 5.41) is 2.77. The molecule has 1 saturated carbocycles. The Morgan fingerprint density at radius 3 is 1.85 bits per heavy atom. The highest BCUT2D eigenvalue weighted by atomic mass is 32.1. The molecular formula is C63H64BN3S. The molecule has 5 heteroatoms. The number of anilines is 7. The van der Waals surface area contributed by atoms with Crippen molar-refractivity contribution < 1.29 is 0 Å². The van der Waals surface area contributed by atoms with Crippen molar-refractivity contribution in [3.63, 3.8) is 0 Å². The van der Waals surface area contributed by atoms with Crippen molar-refractivity contribution >= 4 is 89.1 Å². The zero-order valence-electron chi connectivity index (χ0n) is 41.8. The highest BCUT2D eigenvalue weighted by Crippen LogP contribution is 2.63. The Morgan fingerprint density at radius 1 is 0.559 bits per heavy atom. The summed E-state index contributed by atoms with van der Waals surface area (Å²) in [6, 6.07) is 52.2. The van der Waals surface area contributed by atoms with Crippen LogP contribution >= 0.6 is 11.3 Å². The molecule has 4 heterocycles. The van der Waals surface area contributed by atoms with E-state index in [1.54, 1.807) is 5.56 Å². The smallest absolute Gasteiger partial charge is 0.333 e. The highest BCUT2D eigenvalue weighted by molar-refractivity contribution is 7.25. The molecule has 68 heavy (non-hydrogen) atoms. The summed E-state index contributed by atoms with van der Waals surface area (Å²) < 4.78 is 2.77. The Balaban J connectivity index is 1.19. The predicted octanol–water partition coefficient (Wildman–Crippen LogP) is 16.5. The lowest BCUT2D eigenvalue weighted by Crippen LogP contribution is -2.64. The third-order valence-corrected chi connectivity index (χ3v) is 19.2. The molecule has 13 rings (SSSR count). The summed E-state index contributed by atoms with van der Waals surface area (Å²) in [6.07, 6.45) is 7.26. The van der Waals surface area contributed by atoms with E-state index in [1.165, 1.54) is 125 Å². The number of aryl methyl sites for hydroxylation is 1. The van der Waals surface area contributed by atoms with Crippen LogP contribution in [-0.2, 0) is 21.7 Å². The first-order valence-corrected chi connectivity index (χ1v) is 26.3. The number of hydrogen-bond acceptors (Lipinski definition) is 4. The number of para-hydroxylation sites is 3. The van der Waals surface area contributed by atoms with E-state index in [0.29, 0.717) is 0 Å². The van der Waals surface area contributed by atoms with Crippen molar-refractivity contribution in [2.45, 2.75) is 135 Å². The summed E-state index contributed by atoms with van der Waals surface area (Å²) in [5.74, 6) is 0. The summed E-state index contributed by atoms with van der Waals surface area (Å²) in [6.45, 7) is 24.6. The Labute approximate surface area is 408 Å². The largest absolute Gasteiger partial charge is 0.376 e. The summed E-state index contributed by atoms with van der Waals surface area (Å²) >= 11 is 1.99. The van der Waals surface area contributed by atoms with Crippen LogP contribution in [0.15, 0.2) is 133 Å². The molecular weight excluding hydrogens is 842 g/mol. The molecule has 1 fully saturated rings. The minimum Gasteiger partial charge on any atom is -0.376 e. The van der Waals surface area contributed by atoms with Crippen molar-refractivity contribution in [1.29, 1.82) is 0 Å². The van der Waals surface area contributed by atoms with Crippen LogP contribution < -0.4 is 25.5 Å². The summed E-state index contributed by atoms with van der Waals surface area (Å²) in [4.78, 5) is 8.20. The fourth-order valence-electron chi connectivity index (χ4n) is 13.9. The topological polar surface area (TPSA) is 9.72 Å².